The van der Waals surface area contributed by atoms with Crippen LogP contribution in [0.1, 0.15) is 23.7 Å². The highest BCUT2D eigenvalue weighted by Crippen LogP contribution is 2.15. The van der Waals surface area contributed by atoms with E-state index in [2.05, 4.69) is 18.9 Å². The number of anilines is 1. The normalized spacial score (nSPS) is 21.0. The third kappa shape index (κ3) is 2.64. The van der Waals surface area contributed by atoms with Gasteiger partial charge in [0.25, 0.3) is 5.91 Å². The summed E-state index contributed by atoms with van der Waals surface area (Å²) in [6.45, 7) is 4.70. The number of nitrogens with zero attached hydrogens (tertiary/aromatic N) is 2. The third-order valence-corrected chi connectivity index (χ3v) is 3.67. The van der Waals surface area contributed by atoms with Gasteiger partial charge in [0.1, 0.15) is 0 Å². The van der Waals surface area contributed by atoms with E-state index < -0.39 is 0 Å². The van der Waals surface area contributed by atoms with E-state index >= 15 is 0 Å². The molecule has 0 spiro atoms. The van der Waals surface area contributed by atoms with E-state index in [0.29, 0.717) is 17.3 Å². The maximum atomic E-state index is 12.4. The first-order chi connectivity index (χ1) is 8.61. The van der Waals surface area contributed by atoms with Crippen molar-refractivity contribution in [2.24, 2.45) is 0 Å². The van der Waals surface area contributed by atoms with Crippen LogP contribution in [0.4, 0.5) is 5.69 Å². The van der Waals surface area contributed by atoms with Gasteiger partial charge in [-0.05, 0) is 31.7 Å². The van der Waals surface area contributed by atoms with Gasteiger partial charge in [0, 0.05) is 36.9 Å². The van der Waals surface area contributed by atoms with Gasteiger partial charge < -0.3 is 10.6 Å². The van der Waals surface area contributed by atoms with Crippen molar-refractivity contribution < 1.29 is 4.79 Å². The monoisotopic (exact) mass is 247 g/mol. The number of nitrogens with two attached hydrogens (primary N) is 1. The average molecular weight is 247 g/mol. The first-order valence-electron chi connectivity index (χ1n) is 6.47. The van der Waals surface area contributed by atoms with Crippen molar-refractivity contribution in [2.75, 3.05) is 32.4 Å². The minimum absolute atomic E-state index is 0.0915. The van der Waals surface area contributed by atoms with Crippen LogP contribution in [0.5, 0.6) is 0 Å². The lowest BCUT2D eigenvalue weighted by atomic mass is 10.1. The zero-order valence-corrected chi connectivity index (χ0v) is 11.1. The molecule has 1 atom stereocenters. The summed E-state index contributed by atoms with van der Waals surface area (Å²) in [6, 6.07) is 7.68. The Hall–Kier alpha value is -1.55. The molecule has 0 aliphatic carbocycles. The van der Waals surface area contributed by atoms with Gasteiger partial charge in [-0.25, -0.2) is 0 Å². The average Bonchev–Trinajstić information content (AvgIpc) is 2.38. The van der Waals surface area contributed by atoms with Gasteiger partial charge in [-0.15, -0.1) is 0 Å². The van der Waals surface area contributed by atoms with E-state index in [1.807, 2.05) is 17.0 Å². The second-order valence-electron chi connectivity index (χ2n) is 4.92. The molecular formula is C14H21N3O. The Morgan fingerprint density at radius 2 is 2.22 bits per heavy atom. The summed E-state index contributed by atoms with van der Waals surface area (Å²) in [7, 11) is 2.12. The van der Waals surface area contributed by atoms with Crippen molar-refractivity contribution >= 4 is 11.6 Å². The van der Waals surface area contributed by atoms with E-state index in [4.69, 9.17) is 5.73 Å². The van der Waals surface area contributed by atoms with Crippen molar-refractivity contribution in [1.29, 1.82) is 0 Å². The standard InChI is InChI=1S/C14H21N3O/c1-3-13-10-17(8-7-16(13)2)14(18)11-5-4-6-12(15)9-11/h4-6,9,13H,3,7-8,10,15H2,1-2H3. The van der Waals surface area contributed by atoms with Crippen molar-refractivity contribution in [2.45, 2.75) is 19.4 Å². The number of carbonyl (C=O) groups excluding carboxylic acids is 1. The molecule has 2 rings (SSSR count). The molecule has 18 heavy (non-hydrogen) atoms. The summed E-state index contributed by atoms with van der Waals surface area (Å²) in [4.78, 5) is 16.6. The van der Waals surface area contributed by atoms with E-state index in [9.17, 15) is 4.79 Å². The SMILES string of the molecule is CCC1CN(C(=O)c2cccc(N)c2)CCN1C. The minimum atomic E-state index is 0.0915. The predicted molar refractivity (Wildman–Crippen MR) is 73.5 cm³/mol. The highest BCUT2D eigenvalue weighted by Gasteiger charge is 2.26. The maximum Gasteiger partial charge on any atom is 0.254 e. The van der Waals surface area contributed by atoms with Crippen LogP contribution in [-0.4, -0.2) is 48.4 Å². The van der Waals surface area contributed by atoms with E-state index in [0.717, 1.165) is 26.1 Å². The Balaban J connectivity index is 2.10. The third-order valence-electron chi connectivity index (χ3n) is 3.67. The molecule has 1 aliphatic heterocycles. The number of rotatable bonds is 2. The van der Waals surface area contributed by atoms with Crippen LogP contribution in [0.3, 0.4) is 0 Å². The molecule has 1 amide bonds. The van der Waals surface area contributed by atoms with Gasteiger partial charge >= 0.3 is 0 Å². The minimum Gasteiger partial charge on any atom is -0.399 e. The molecule has 0 saturated carbocycles. The van der Waals surface area contributed by atoms with Crippen LogP contribution in [-0.2, 0) is 0 Å². The van der Waals surface area contributed by atoms with Crippen LogP contribution in [0.25, 0.3) is 0 Å². The van der Waals surface area contributed by atoms with Crippen molar-refractivity contribution in [1.82, 2.24) is 9.80 Å². The fraction of sp³-hybridized carbons (Fsp3) is 0.500. The lowest BCUT2D eigenvalue weighted by Gasteiger charge is -2.39. The molecule has 0 aromatic heterocycles. The molecule has 1 aromatic carbocycles. The molecule has 98 valence electrons. The number of amides is 1. The first-order valence-corrected chi connectivity index (χ1v) is 6.47. The van der Waals surface area contributed by atoms with E-state index in [1.165, 1.54) is 0 Å². The molecule has 2 N–H and O–H groups in total. The first kappa shape index (κ1) is 12.9. The van der Waals surface area contributed by atoms with Crippen LogP contribution < -0.4 is 5.73 Å². The van der Waals surface area contributed by atoms with Gasteiger partial charge in [-0.2, -0.15) is 0 Å². The Kier molecular flexibility index (Phi) is 3.87. The van der Waals surface area contributed by atoms with E-state index in [1.54, 1.807) is 12.1 Å². The quantitative estimate of drug-likeness (QED) is 0.804. The Bertz CT molecular complexity index is 433. The molecular weight excluding hydrogens is 226 g/mol. The molecule has 1 aliphatic rings. The summed E-state index contributed by atoms with van der Waals surface area (Å²) < 4.78 is 0. The van der Waals surface area contributed by atoms with Crippen molar-refractivity contribution in [3.63, 3.8) is 0 Å². The molecule has 0 radical (unpaired) electrons. The molecule has 1 saturated heterocycles. The molecule has 1 heterocycles. The second-order valence-corrected chi connectivity index (χ2v) is 4.92. The Morgan fingerprint density at radius 1 is 1.44 bits per heavy atom. The molecule has 1 aromatic rings. The van der Waals surface area contributed by atoms with Crippen LogP contribution >= 0.6 is 0 Å². The lowest BCUT2D eigenvalue weighted by molar-refractivity contribution is 0.0542. The fourth-order valence-electron chi connectivity index (χ4n) is 2.43. The zero-order valence-electron chi connectivity index (χ0n) is 11.1. The van der Waals surface area contributed by atoms with Crippen molar-refractivity contribution in [3.8, 4) is 0 Å². The number of carbonyl (C=O) groups is 1. The van der Waals surface area contributed by atoms with Gasteiger partial charge in [0.05, 0.1) is 0 Å². The van der Waals surface area contributed by atoms with Crippen molar-refractivity contribution in [3.05, 3.63) is 29.8 Å². The smallest absolute Gasteiger partial charge is 0.254 e. The summed E-state index contributed by atoms with van der Waals surface area (Å²) in [5.74, 6) is 0.0915. The number of benzene rings is 1. The summed E-state index contributed by atoms with van der Waals surface area (Å²) in [6.07, 6.45) is 1.07. The number of hydrogen-bond acceptors (Lipinski definition) is 3. The maximum absolute atomic E-state index is 12.4. The number of nitrogen functional groups attached to an aromatic ring is 1. The van der Waals surface area contributed by atoms with Gasteiger partial charge in [-0.1, -0.05) is 13.0 Å². The van der Waals surface area contributed by atoms with E-state index in [-0.39, 0.29) is 5.91 Å². The Morgan fingerprint density at radius 3 is 2.89 bits per heavy atom. The second kappa shape index (κ2) is 5.40. The largest absolute Gasteiger partial charge is 0.399 e. The topological polar surface area (TPSA) is 49.6 Å². The summed E-state index contributed by atoms with van der Waals surface area (Å²) in [5, 5.41) is 0. The Labute approximate surface area is 108 Å². The lowest BCUT2D eigenvalue weighted by Crippen LogP contribution is -2.52. The van der Waals surface area contributed by atoms with Gasteiger partial charge in [0.2, 0.25) is 0 Å². The highest BCUT2D eigenvalue weighted by atomic mass is 16.2. The number of hydrogen-bond donors (Lipinski definition) is 1. The zero-order chi connectivity index (χ0) is 13.1. The number of piperazine rings is 1. The van der Waals surface area contributed by atoms with Gasteiger partial charge in [0.15, 0.2) is 0 Å². The van der Waals surface area contributed by atoms with Crippen LogP contribution in [0.15, 0.2) is 24.3 Å². The molecule has 1 unspecified atom stereocenters. The molecule has 1 fully saturated rings. The van der Waals surface area contributed by atoms with Crippen LogP contribution in [0.2, 0.25) is 0 Å². The van der Waals surface area contributed by atoms with Crippen LogP contribution in [0, 0.1) is 0 Å². The summed E-state index contributed by atoms with van der Waals surface area (Å²) >= 11 is 0. The summed E-state index contributed by atoms with van der Waals surface area (Å²) in [5.41, 5.74) is 7.05. The van der Waals surface area contributed by atoms with Gasteiger partial charge in [-0.3, -0.25) is 9.69 Å². The fourth-order valence-corrected chi connectivity index (χ4v) is 2.43. The molecule has 4 nitrogen and oxygen atoms in total. The molecule has 4 heteroatoms. The highest BCUT2D eigenvalue weighted by molar-refractivity contribution is 5.95. The number of likely N-dealkylation sites (N-methyl/N-ethyl adjacent to an activating group) is 1. The predicted octanol–water partition coefficient (Wildman–Crippen LogP) is 1.43. The molecule has 0 bridgehead atoms.